The number of nitrogens with zero attached hydrogens (tertiary/aromatic N) is 1. The van der Waals surface area contributed by atoms with Crippen LogP contribution in [0.3, 0.4) is 0 Å². The lowest BCUT2D eigenvalue weighted by Crippen LogP contribution is -2.30. The van der Waals surface area contributed by atoms with Crippen LogP contribution in [0.1, 0.15) is 168 Å². The highest BCUT2D eigenvalue weighted by molar-refractivity contribution is 4.93. The fraction of sp³-hybridized carbons (Fsp3) is 0.805. The van der Waals surface area contributed by atoms with Crippen molar-refractivity contribution < 1.29 is 9.47 Å². The number of hydrogen-bond donors (Lipinski definition) is 0. The van der Waals surface area contributed by atoms with Crippen molar-refractivity contribution in [3.8, 4) is 0 Å². The van der Waals surface area contributed by atoms with Crippen molar-refractivity contribution in [2.45, 2.75) is 180 Å². The highest BCUT2D eigenvalue weighted by Gasteiger charge is 2.32. The molecule has 0 bridgehead atoms. The molecule has 0 aromatic carbocycles. The Balaban J connectivity index is 1.90. The molecule has 0 amide bonds. The SMILES string of the molecule is CCCCCC=CCC=CCCCCCCCCOC1CN(C)CC1OCCCCCCCCC=CCC=CCCCCC. The largest absolute Gasteiger partial charge is 0.374 e. The molecule has 256 valence electrons. The van der Waals surface area contributed by atoms with E-state index in [0.29, 0.717) is 0 Å². The van der Waals surface area contributed by atoms with E-state index < -0.39 is 0 Å². The van der Waals surface area contributed by atoms with Crippen LogP contribution in [0.15, 0.2) is 48.6 Å². The van der Waals surface area contributed by atoms with Gasteiger partial charge in [0.05, 0.1) is 12.2 Å². The molecule has 1 fully saturated rings. The molecule has 0 aromatic rings. The fourth-order valence-corrected chi connectivity index (χ4v) is 5.89. The van der Waals surface area contributed by atoms with E-state index in [4.69, 9.17) is 9.47 Å². The molecule has 0 aromatic heterocycles. The molecule has 2 atom stereocenters. The normalized spacial score (nSPS) is 18.0. The van der Waals surface area contributed by atoms with Crippen LogP contribution >= 0.6 is 0 Å². The quantitative estimate of drug-likeness (QED) is 0.0556. The zero-order chi connectivity index (χ0) is 31.6. The van der Waals surface area contributed by atoms with Gasteiger partial charge in [-0.1, -0.05) is 140 Å². The maximum Gasteiger partial charge on any atom is 0.0975 e. The maximum absolute atomic E-state index is 6.30. The van der Waals surface area contributed by atoms with Crippen LogP contribution in [0.5, 0.6) is 0 Å². The van der Waals surface area contributed by atoms with E-state index in [2.05, 4.69) is 74.4 Å². The third-order valence-corrected chi connectivity index (χ3v) is 8.75. The minimum Gasteiger partial charge on any atom is -0.374 e. The number of likely N-dealkylation sites (tertiary alicyclic amines) is 1. The molecule has 2 unspecified atom stereocenters. The van der Waals surface area contributed by atoms with E-state index in [-0.39, 0.29) is 12.2 Å². The molecule has 1 heterocycles. The molecule has 0 spiro atoms. The number of likely N-dealkylation sites (N-methyl/N-ethyl adjacent to an activating group) is 1. The van der Waals surface area contributed by atoms with E-state index in [0.717, 1.165) is 39.1 Å². The summed E-state index contributed by atoms with van der Waals surface area (Å²) >= 11 is 0. The summed E-state index contributed by atoms with van der Waals surface area (Å²) in [6, 6.07) is 0. The Bertz CT molecular complexity index is 639. The lowest BCUT2D eigenvalue weighted by atomic mass is 10.1. The highest BCUT2D eigenvalue weighted by atomic mass is 16.5. The Morgan fingerprint density at radius 1 is 0.432 bits per heavy atom. The van der Waals surface area contributed by atoms with Gasteiger partial charge in [-0.25, -0.2) is 0 Å². The summed E-state index contributed by atoms with van der Waals surface area (Å²) < 4.78 is 12.6. The van der Waals surface area contributed by atoms with Crippen LogP contribution < -0.4 is 0 Å². The van der Waals surface area contributed by atoms with Gasteiger partial charge in [0.1, 0.15) is 0 Å². The summed E-state index contributed by atoms with van der Waals surface area (Å²) in [5, 5.41) is 0. The van der Waals surface area contributed by atoms with Gasteiger partial charge in [-0.05, 0) is 84.1 Å². The molecular weight excluding hydrogens is 538 g/mol. The smallest absolute Gasteiger partial charge is 0.0975 e. The number of allylic oxidation sites excluding steroid dienone is 8. The van der Waals surface area contributed by atoms with Crippen LogP contribution in [-0.2, 0) is 9.47 Å². The molecule has 3 heteroatoms. The van der Waals surface area contributed by atoms with E-state index in [9.17, 15) is 0 Å². The van der Waals surface area contributed by atoms with Crippen LogP contribution in [0.2, 0.25) is 0 Å². The van der Waals surface area contributed by atoms with Crippen molar-refractivity contribution in [3.05, 3.63) is 48.6 Å². The van der Waals surface area contributed by atoms with Gasteiger partial charge in [0, 0.05) is 26.3 Å². The predicted molar refractivity (Wildman–Crippen MR) is 196 cm³/mol. The average Bonchev–Trinajstić information content (AvgIpc) is 3.38. The second kappa shape index (κ2) is 33.2. The Kier molecular flexibility index (Phi) is 30.8. The van der Waals surface area contributed by atoms with E-state index in [1.165, 1.54) is 141 Å². The Hall–Kier alpha value is -1.16. The molecule has 1 aliphatic rings. The molecule has 1 saturated heterocycles. The number of rotatable bonds is 32. The van der Waals surface area contributed by atoms with Gasteiger partial charge >= 0.3 is 0 Å². The van der Waals surface area contributed by atoms with Crippen LogP contribution in [0.25, 0.3) is 0 Å². The fourth-order valence-electron chi connectivity index (χ4n) is 5.89. The first-order chi connectivity index (χ1) is 21.8. The average molecular weight is 614 g/mol. The second-order valence-corrected chi connectivity index (χ2v) is 13.2. The van der Waals surface area contributed by atoms with Crippen molar-refractivity contribution in [3.63, 3.8) is 0 Å². The topological polar surface area (TPSA) is 21.7 Å². The lowest BCUT2D eigenvalue weighted by molar-refractivity contribution is -0.0481. The number of unbranched alkanes of at least 4 members (excludes halogenated alkanes) is 18. The van der Waals surface area contributed by atoms with E-state index >= 15 is 0 Å². The Morgan fingerprint density at radius 2 is 0.750 bits per heavy atom. The minimum atomic E-state index is 0.252. The van der Waals surface area contributed by atoms with Gasteiger partial charge in [0.2, 0.25) is 0 Å². The third kappa shape index (κ3) is 27.2. The zero-order valence-corrected chi connectivity index (χ0v) is 29.8. The lowest BCUT2D eigenvalue weighted by Gasteiger charge is -2.20. The van der Waals surface area contributed by atoms with Crippen molar-refractivity contribution in [1.82, 2.24) is 4.90 Å². The first-order valence-corrected chi connectivity index (χ1v) is 19.3. The van der Waals surface area contributed by atoms with Gasteiger partial charge in [-0.2, -0.15) is 0 Å². The first kappa shape index (κ1) is 40.9. The van der Waals surface area contributed by atoms with Crippen molar-refractivity contribution in [2.75, 3.05) is 33.4 Å². The third-order valence-electron chi connectivity index (χ3n) is 8.75. The van der Waals surface area contributed by atoms with Gasteiger partial charge in [-0.15, -0.1) is 0 Å². The van der Waals surface area contributed by atoms with Crippen LogP contribution in [0.4, 0.5) is 0 Å². The second-order valence-electron chi connectivity index (χ2n) is 13.2. The molecular formula is C41H75NO2. The van der Waals surface area contributed by atoms with E-state index in [1.54, 1.807) is 0 Å². The Morgan fingerprint density at radius 3 is 1.11 bits per heavy atom. The van der Waals surface area contributed by atoms with E-state index in [1.807, 2.05) is 0 Å². The molecule has 0 saturated carbocycles. The predicted octanol–water partition coefficient (Wildman–Crippen LogP) is 12.3. The molecule has 3 nitrogen and oxygen atoms in total. The van der Waals surface area contributed by atoms with Gasteiger partial charge < -0.3 is 14.4 Å². The summed E-state index contributed by atoms with van der Waals surface area (Å²) in [6.07, 6.45) is 50.2. The summed E-state index contributed by atoms with van der Waals surface area (Å²) in [5.74, 6) is 0. The molecule has 1 aliphatic heterocycles. The molecule has 1 rings (SSSR count). The molecule has 0 radical (unpaired) electrons. The van der Waals surface area contributed by atoms with Crippen molar-refractivity contribution in [2.24, 2.45) is 0 Å². The van der Waals surface area contributed by atoms with Crippen LogP contribution in [0, 0.1) is 0 Å². The van der Waals surface area contributed by atoms with Crippen molar-refractivity contribution in [1.29, 1.82) is 0 Å². The highest BCUT2D eigenvalue weighted by Crippen LogP contribution is 2.18. The molecule has 0 N–H and O–H groups in total. The minimum absolute atomic E-state index is 0.252. The van der Waals surface area contributed by atoms with Crippen molar-refractivity contribution >= 4 is 0 Å². The van der Waals surface area contributed by atoms with Gasteiger partial charge in [0.25, 0.3) is 0 Å². The summed E-state index contributed by atoms with van der Waals surface area (Å²) in [4.78, 5) is 2.37. The monoisotopic (exact) mass is 614 g/mol. The van der Waals surface area contributed by atoms with Crippen LogP contribution in [-0.4, -0.2) is 50.5 Å². The zero-order valence-electron chi connectivity index (χ0n) is 29.8. The first-order valence-electron chi connectivity index (χ1n) is 19.3. The summed E-state index contributed by atoms with van der Waals surface area (Å²) in [5.41, 5.74) is 0. The molecule has 44 heavy (non-hydrogen) atoms. The summed E-state index contributed by atoms with van der Waals surface area (Å²) in [7, 11) is 2.20. The summed E-state index contributed by atoms with van der Waals surface area (Å²) in [6.45, 7) is 8.33. The number of hydrogen-bond acceptors (Lipinski definition) is 3. The maximum atomic E-state index is 6.30. The molecule has 0 aliphatic carbocycles. The van der Waals surface area contributed by atoms with Gasteiger partial charge in [0.15, 0.2) is 0 Å². The van der Waals surface area contributed by atoms with Gasteiger partial charge in [-0.3, -0.25) is 0 Å². The Labute approximate surface area is 276 Å². The standard InChI is InChI=1S/C41H75NO2/c1-4-6-8-10-12-14-16-18-20-22-24-26-28-30-32-34-36-43-40-38-42(3)39-41(40)44-37-35-33-31-29-27-25-23-21-19-17-15-13-11-9-7-5-2/h12-15,18-21,40-41H,4-11,16-17,22-39H2,1-3H3. The number of ether oxygens (including phenoxy) is 2.